The number of aliphatic imine (C=N–C) groups is 1. The molecule has 0 aromatic heterocycles. The van der Waals surface area contributed by atoms with Gasteiger partial charge in [0.2, 0.25) is 5.91 Å². The lowest BCUT2D eigenvalue weighted by molar-refractivity contribution is -0.128. The Hall–Kier alpha value is -2.64. The van der Waals surface area contributed by atoms with Crippen LogP contribution in [0.25, 0.3) is 0 Å². The lowest BCUT2D eigenvalue weighted by Crippen LogP contribution is -2.44. The number of hydrogen-bond acceptors (Lipinski definition) is 5. The predicted molar refractivity (Wildman–Crippen MR) is 113 cm³/mol. The van der Waals surface area contributed by atoms with Gasteiger partial charge in [0.15, 0.2) is 5.96 Å². The number of amides is 1. The normalized spacial score (nSPS) is 16.7. The third kappa shape index (κ3) is 6.21. The zero-order valence-corrected chi connectivity index (χ0v) is 17.6. The number of nitrogens with one attached hydrogen (secondary N) is 2. The number of anilines is 1. The molecule has 1 heterocycles. The molecule has 0 saturated carbocycles. The maximum absolute atomic E-state index is 11.7. The van der Waals surface area contributed by atoms with E-state index < -0.39 is 0 Å². The summed E-state index contributed by atoms with van der Waals surface area (Å²) in [6, 6.07) is 6.20. The molecule has 1 saturated heterocycles. The SMILES string of the molecule is CCNC(=NCCC(=O)N(C)C)NC1CCN(c2cc(OC)cc(OC)c2)C1. The van der Waals surface area contributed by atoms with Gasteiger partial charge in [-0.1, -0.05) is 0 Å². The van der Waals surface area contributed by atoms with Crippen molar-refractivity contribution in [3.8, 4) is 11.5 Å². The summed E-state index contributed by atoms with van der Waals surface area (Å²) in [5.41, 5.74) is 1.08. The Bertz CT molecular complexity index is 656. The minimum Gasteiger partial charge on any atom is -0.497 e. The second-order valence-corrected chi connectivity index (χ2v) is 6.95. The van der Waals surface area contributed by atoms with E-state index in [1.807, 2.05) is 25.1 Å². The molecule has 0 spiro atoms. The number of hydrogen-bond donors (Lipinski definition) is 2. The molecular weight excluding hydrogens is 358 g/mol. The van der Waals surface area contributed by atoms with E-state index in [-0.39, 0.29) is 11.9 Å². The smallest absolute Gasteiger partial charge is 0.223 e. The van der Waals surface area contributed by atoms with Crippen molar-refractivity contribution in [2.24, 2.45) is 4.99 Å². The van der Waals surface area contributed by atoms with E-state index in [1.54, 1.807) is 33.2 Å². The van der Waals surface area contributed by atoms with Crippen LogP contribution in [-0.4, -0.2) is 77.3 Å². The van der Waals surface area contributed by atoms with E-state index in [4.69, 9.17) is 9.47 Å². The van der Waals surface area contributed by atoms with Gasteiger partial charge in [0.1, 0.15) is 11.5 Å². The van der Waals surface area contributed by atoms with Crippen LogP contribution in [0.4, 0.5) is 5.69 Å². The standard InChI is InChI=1S/C20H33N5O3/c1-6-21-20(22-9-7-19(26)24(2)3)23-15-8-10-25(14-15)16-11-17(27-4)13-18(12-16)28-5/h11-13,15H,6-10,14H2,1-5H3,(H2,21,22,23). The van der Waals surface area contributed by atoms with Gasteiger partial charge in [-0.05, 0) is 13.3 Å². The maximum Gasteiger partial charge on any atom is 0.223 e. The fourth-order valence-electron chi connectivity index (χ4n) is 3.09. The van der Waals surface area contributed by atoms with E-state index in [0.717, 1.165) is 49.2 Å². The van der Waals surface area contributed by atoms with Crippen LogP contribution in [-0.2, 0) is 4.79 Å². The van der Waals surface area contributed by atoms with E-state index >= 15 is 0 Å². The lowest BCUT2D eigenvalue weighted by Gasteiger charge is -2.21. The van der Waals surface area contributed by atoms with Gasteiger partial charge in [-0.2, -0.15) is 0 Å². The van der Waals surface area contributed by atoms with Crippen LogP contribution in [0.5, 0.6) is 11.5 Å². The highest BCUT2D eigenvalue weighted by Gasteiger charge is 2.24. The molecule has 0 radical (unpaired) electrons. The molecule has 8 nitrogen and oxygen atoms in total. The molecule has 1 aliphatic heterocycles. The van der Waals surface area contributed by atoms with Crippen LogP contribution in [0.2, 0.25) is 0 Å². The molecule has 0 bridgehead atoms. The molecule has 2 N–H and O–H groups in total. The first-order valence-corrected chi connectivity index (χ1v) is 9.69. The fraction of sp³-hybridized carbons (Fsp3) is 0.600. The lowest BCUT2D eigenvalue weighted by atomic mass is 10.2. The molecule has 1 fully saturated rings. The second-order valence-electron chi connectivity index (χ2n) is 6.95. The van der Waals surface area contributed by atoms with Crippen LogP contribution < -0.4 is 25.0 Å². The molecule has 2 rings (SSSR count). The third-order valence-corrected chi connectivity index (χ3v) is 4.67. The summed E-state index contributed by atoms with van der Waals surface area (Å²) in [5.74, 6) is 2.40. The highest BCUT2D eigenvalue weighted by molar-refractivity contribution is 5.81. The Labute approximate surface area is 167 Å². The molecule has 8 heteroatoms. The molecule has 28 heavy (non-hydrogen) atoms. The van der Waals surface area contributed by atoms with Crippen molar-refractivity contribution < 1.29 is 14.3 Å². The number of benzene rings is 1. The quantitative estimate of drug-likeness (QED) is 0.514. The van der Waals surface area contributed by atoms with Gasteiger partial charge in [-0.15, -0.1) is 0 Å². The first-order chi connectivity index (χ1) is 13.5. The van der Waals surface area contributed by atoms with E-state index in [9.17, 15) is 4.79 Å². The van der Waals surface area contributed by atoms with Gasteiger partial charge in [0.05, 0.1) is 20.8 Å². The minimum absolute atomic E-state index is 0.0820. The zero-order valence-electron chi connectivity index (χ0n) is 17.6. The van der Waals surface area contributed by atoms with E-state index in [2.05, 4.69) is 20.5 Å². The zero-order chi connectivity index (χ0) is 20.5. The van der Waals surface area contributed by atoms with Gasteiger partial charge >= 0.3 is 0 Å². The third-order valence-electron chi connectivity index (χ3n) is 4.67. The highest BCUT2D eigenvalue weighted by Crippen LogP contribution is 2.30. The largest absolute Gasteiger partial charge is 0.497 e. The highest BCUT2D eigenvalue weighted by atomic mass is 16.5. The van der Waals surface area contributed by atoms with Crippen LogP contribution in [0.1, 0.15) is 19.8 Å². The average Bonchev–Trinajstić information content (AvgIpc) is 3.16. The van der Waals surface area contributed by atoms with Gasteiger partial charge in [0, 0.05) is 70.1 Å². The molecule has 156 valence electrons. The molecule has 1 aromatic carbocycles. The topological polar surface area (TPSA) is 78.4 Å². The van der Waals surface area contributed by atoms with Crippen LogP contribution in [0.15, 0.2) is 23.2 Å². The van der Waals surface area contributed by atoms with Crippen molar-refractivity contribution in [2.45, 2.75) is 25.8 Å². The van der Waals surface area contributed by atoms with E-state index in [1.165, 1.54) is 0 Å². The molecular formula is C20H33N5O3. The number of rotatable bonds is 8. The average molecular weight is 392 g/mol. The monoisotopic (exact) mass is 391 g/mol. The van der Waals surface area contributed by atoms with Crippen molar-refractivity contribution >= 4 is 17.6 Å². The summed E-state index contributed by atoms with van der Waals surface area (Å²) in [4.78, 5) is 20.2. The van der Waals surface area contributed by atoms with Gasteiger partial charge < -0.3 is 29.9 Å². The fourth-order valence-corrected chi connectivity index (χ4v) is 3.09. The summed E-state index contributed by atoms with van der Waals surface area (Å²) in [6.07, 6.45) is 1.41. The van der Waals surface area contributed by atoms with Crippen molar-refractivity contribution in [3.63, 3.8) is 0 Å². The molecule has 1 atom stereocenters. The first-order valence-electron chi connectivity index (χ1n) is 9.69. The molecule has 0 aliphatic carbocycles. The number of nitrogens with zero attached hydrogens (tertiary/aromatic N) is 3. The molecule has 1 aromatic rings. The number of ether oxygens (including phenoxy) is 2. The van der Waals surface area contributed by atoms with Crippen molar-refractivity contribution in [3.05, 3.63) is 18.2 Å². The van der Waals surface area contributed by atoms with Crippen molar-refractivity contribution in [2.75, 3.05) is 59.4 Å². The van der Waals surface area contributed by atoms with Gasteiger partial charge in [-0.25, -0.2) is 0 Å². The second kappa shape index (κ2) is 10.6. The summed E-state index contributed by atoms with van der Waals surface area (Å²) in [7, 11) is 6.84. The van der Waals surface area contributed by atoms with E-state index in [0.29, 0.717) is 13.0 Å². The summed E-state index contributed by atoms with van der Waals surface area (Å²) >= 11 is 0. The Balaban J connectivity index is 1.96. The molecule has 1 unspecified atom stereocenters. The Morgan fingerprint density at radius 3 is 2.50 bits per heavy atom. The number of methoxy groups -OCH3 is 2. The summed E-state index contributed by atoms with van der Waals surface area (Å²) < 4.78 is 10.8. The van der Waals surface area contributed by atoms with Crippen molar-refractivity contribution in [1.82, 2.24) is 15.5 Å². The summed E-state index contributed by atoms with van der Waals surface area (Å²) in [6.45, 7) is 5.07. The summed E-state index contributed by atoms with van der Waals surface area (Å²) in [5, 5.41) is 6.75. The Kier molecular flexibility index (Phi) is 8.22. The van der Waals surface area contributed by atoms with Crippen LogP contribution in [0, 0.1) is 0 Å². The maximum atomic E-state index is 11.7. The minimum atomic E-state index is 0.0820. The Morgan fingerprint density at radius 2 is 1.93 bits per heavy atom. The number of carbonyl (C=O) groups excluding carboxylic acids is 1. The van der Waals surface area contributed by atoms with Gasteiger partial charge in [0.25, 0.3) is 0 Å². The van der Waals surface area contributed by atoms with Crippen molar-refractivity contribution in [1.29, 1.82) is 0 Å². The van der Waals surface area contributed by atoms with Crippen LogP contribution >= 0.6 is 0 Å². The first kappa shape index (κ1) is 21.7. The Morgan fingerprint density at radius 1 is 1.25 bits per heavy atom. The predicted octanol–water partition coefficient (Wildman–Crippen LogP) is 1.32. The van der Waals surface area contributed by atoms with Crippen LogP contribution in [0.3, 0.4) is 0 Å². The number of guanidine groups is 1. The number of carbonyl (C=O) groups is 1. The van der Waals surface area contributed by atoms with Gasteiger partial charge in [-0.3, -0.25) is 9.79 Å². The molecule has 1 amide bonds. The molecule has 1 aliphatic rings.